The van der Waals surface area contributed by atoms with Gasteiger partial charge < -0.3 is 14.7 Å². The van der Waals surface area contributed by atoms with E-state index >= 15 is 0 Å². The lowest BCUT2D eigenvalue weighted by molar-refractivity contribution is -0.132. The Bertz CT molecular complexity index is 1250. The molecule has 0 fully saturated rings. The van der Waals surface area contributed by atoms with Crippen molar-refractivity contribution in [1.29, 1.82) is 0 Å². The lowest BCUT2D eigenvalue weighted by Gasteiger charge is -2.27. The standard InChI is InChI=1S/C24H31N7O3/c1-18(32)31-11-6-10-27(2)13-14-29(16-19-7-4-5-8-21(19)31)22(33)9-12-30-17-25-23-20(24(30)34)15-26-28(23)3/h4-5,7-8,15,17H,6,9-14,16H2,1-3H3. The topological polar surface area (TPSA) is 96.6 Å². The summed E-state index contributed by atoms with van der Waals surface area (Å²) >= 11 is 0. The van der Waals surface area contributed by atoms with Gasteiger partial charge in [-0.05, 0) is 31.6 Å². The number of aromatic nitrogens is 4. The highest BCUT2D eigenvalue weighted by atomic mass is 16.2. The SMILES string of the molecule is CC(=O)N1CCCN(C)CCN(C(=O)CCn2cnc3c(cnn3C)c2=O)Cc2ccccc21. The molecule has 0 aliphatic carbocycles. The molecule has 4 rings (SSSR count). The van der Waals surface area contributed by atoms with Gasteiger partial charge in [0.1, 0.15) is 5.39 Å². The molecule has 0 bridgehead atoms. The van der Waals surface area contributed by atoms with Gasteiger partial charge in [0, 0.05) is 58.8 Å². The molecular weight excluding hydrogens is 434 g/mol. The second-order valence-corrected chi connectivity index (χ2v) is 8.77. The number of aryl methyl sites for hydroxylation is 2. The van der Waals surface area contributed by atoms with Gasteiger partial charge in [-0.1, -0.05) is 18.2 Å². The van der Waals surface area contributed by atoms with E-state index in [1.165, 1.54) is 17.1 Å². The zero-order valence-corrected chi connectivity index (χ0v) is 20.0. The molecule has 0 saturated carbocycles. The van der Waals surface area contributed by atoms with Crippen molar-refractivity contribution in [2.24, 2.45) is 7.05 Å². The van der Waals surface area contributed by atoms with Gasteiger partial charge in [0.2, 0.25) is 11.8 Å². The fourth-order valence-corrected chi connectivity index (χ4v) is 4.35. The number of likely N-dealkylation sites (N-methyl/N-ethyl adjacent to an activating group) is 1. The minimum absolute atomic E-state index is 0.00936. The number of hydrogen-bond donors (Lipinski definition) is 0. The summed E-state index contributed by atoms with van der Waals surface area (Å²) in [4.78, 5) is 48.6. The van der Waals surface area contributed by atoms with Gasteiger partial charge in [-0.3, -0.25) is 23.6 Å². The zero-order chi connectivity index (χ0) is 24.2. The maximum atomic E-state index is 13.3. The van der Waals surface area contributed by atoms with E-state index < -0.39 is 0 Å². The summed E-state index contributed by atoms with van der Waals surface area (Å²) in [5.41, 5.74) is 2.10. The number of carbonyl (C=O) groups is 2. The molecule has 34 heavy (non-hydrogen) atoms. The van der Waals surface area contributed by atoms with Crippen molar-refractivity contribution in [2.45, 2.75) is 32.9 Å². The number of carbonyl (C=O) groups excluding carboxylic acids is 2. The summed E-state index contributed by atoms with van der Waals surface area (Å²) < 4.78 is 3.02. The number of benzene rings is 1. The van der Waals surface area contributed by atoms with E-state index in [-0.39, 0.29) is 30.3 Å². The quantitative estimate of drug-likeness (QED) is 0.577. The highest BCUT2D eigenvalue weighted by Gasteiger charge is 2.21. The third kappa shape index (κ3) is 5.01. The van der Waals surface area contributed by atoms with E-state index in [2.05, 4.69) is 15.0 Å². The molecule has 10 nitrogen and oxygen atoms in total. The smallest absolute Gasteiger partial charge is 0.264 e. The van der Waals surface area contributed by atoms with Crippen LogP contribution in [0.4, 0.5) is 5.69 Å². The molecule has 0 unspecified atom stereocenters. The fraction of sp³-hybridized carbons (Fsp3) is 0.458. The van der Waals surface area contributed by atoms with Crippen LogP contribution in [-0.4, -0.2) is 74.2 Å². The Kier molecular flexibility index (Phi) is 7.06. The Morgan fingerprint density at radius 1 is 1.06 bits per heavy atom. The van der Waals surface area contributed by atoms with Crippen LogP contribution in [0.1, 0.15) is 25.3 Å². The van der Waals surface area contributed by atoms with E-state index in [9.17, 15) is 14.4 Å². The zero-order valence-electron chi connectivity index (χ0n) is 20.0. The first kappa shape index (κ1) is 23.6. The van der Waals surface area contributed by atoms with Crippen molar-refractivity contribution in [1.82, 2.24) is 29.1 Å². The van der Waals surface area contributed by atoms with Gasteiger partial charge in [-0.15, -0.1) is 0 Å². The Morgan fingerprint density at radius 3 is 2.65 bits per heavy atom. The number of rotatable bonds is 3. The number of amides is 2. The van der Waals surface area contributed by atoms with E-state index in [4.69, 9.17) is 0 Å². The molecule has 0 N–H and O–H groups in total. The Morgan fingerprint density at radius 2 is 1.85 bits per heavy atom. The largest absolute Gasteiger partial charge is 0.337 e. The summed E-state index contributed by atoms with van der Waals surface area (Å²) in [5, 5.41) is 4.53. The number of fused-ring (bicyclic) bond motifs is 2. The van der Waals surface area contributed by atoms with Crippen LogP contribution in [0.5, 0.6) is 0 Å². The maximum absolute atomic E-state index is 13.3. The number of para-hydroxylation sites is 1. The van der Waals surface area contributed by atoms with E-state index in [0.29, 0.717) is 30.7 Å². The second kappa shape index (κ2) is 10.2. The highest BCUT2D eigenvalue weighted by Crippen LogP contribution is 2.23. The molecular formula is C24H31N7O3. The third-order valence-corrected chi connectivity index (χ3v) is 6.33. The summed E-state index contributed by atoms with van der Waals surface area (Å²) in [6, 6.07) is 7.76. The lowest BCUT2D eigenvalue weighted by Crippen LogP contribution is -2.38. The van der Waals surface area contributed by atoms with Crippen LogP contribution in [0.2, 0.25) is 0 Å². The number of nitrogens with zero attached hydrogens (tertiary/aromatic N) is 7. The van der Waals surface area contributed by atoms with E-state index in [1.807, 2.05) is 36.2 Å². The van der Waals surface area contributed by atoms with Crippen LogP contribution >= 0.6 is 0 Å². The van der Waals surface area contributed by atoms with Crippen LogP contribution in [0.3, 0.4) is 0 Å². The van der Waals surface area contributed by atoms with Gasteiger partial charge in [0.25, 0.3) is 5.56 Å². The minimum atomic E-state index is -0.203. The molecule has 10 heteroatoms. The first-order valence-electron chi connectivity index (χ1n) is 11.5. The first-order valence-corrected chi connectivity index (χ1v) is 11.5. The lowest BCUT2D eigenvalue weighted by atomic mass is 10.1. The molecule has 0 radical (unpaired) electrons. The molecule has 2 amide bonds. The van der Waals surface area contributed by atoms with Crippen molar-refractivity contribution >= 4 is 28.5 Å². The van der Waals surface area contributed by atoms with Crippen LogP contribution in [0, 0.1) is 0 Å². The Balaban J connectivity index is 1.56. The molecule has 1 aliphatic heterocycles. The number of anilines is 1. The van der Waals surface area contributed by atoms with Gasteiger partial charge in [0.15, 0.2) is 5.65 Å². The summed E-state index contributed by atoms with van der Waals surface area (Å²) in [6.07, 6.45) is 4.01. The molecule has 3 heterocycles. The highest BCUT2D eigenvalue weighted by molar-refractivity contribution is 5.92. The van der Waals surface area contributed by atoms with Crippen LogP contribution < -0.4 is 10.5 Å². The normalized spacial score (nSPS) is 15.7. The summed E-state index contributed by atoms with van der Waals surface area (Å²) in [5.74, 6) is -0.0556. The minimum Gasteiger partial charge on any atom is -0.337 e. The van der Waals surface area contributed by atoms with Crippen molar-refractivity contribution in [2.75, 3.05) is 38.1 Å². The van der Waals surface area contributed by atoms with Crippen molar-refractivity contribution in [3.63, 3.8) is 0 Å². The van der Waals surface area contributed by atoms with Gasteiger partial charge in [-0.2, -0.15) is 5.10 Å². The second-order valence-electron chi connectivity index (χ2n) is 8.77. The molecule has 0 saturated heterocycles. The average Bonchev–Trinajstić information content (AvgIpc) is 3.19. The predicted octanol–water partition coefficient (Wildman–Crippen LogP) is 1.24. The van der Waals surface area contributed by atoms with E-state index in [0.717, 1.165) is 30.8 Å². The molecule has 0 spiro atoms. The van der Waals surface area contributed by atoms with Crippen molar-refractivity contribution in [3.05, 3.63) is 52.7 Å². The molecule has 1 aromatic carbocycles. The van der Waals surface area contributed by atoms with Crippen molar-refractivity contribution in [3.8, 4) is 0 Å². The Hall–Kier alpha value is -3.53. The summed E-state index contributed by atoms with van der Waals surface area (Å²) in [6.45, 7) is 4.99. The fourth-order valence-electron chi connectivity index (χ4n) is 4.35. The van der Waals surface area contributed by atoms with Crippen LogP contribution in [0.25, 0.3) is 11.0 Å². The summed E-state index contributed by atoms with van der Waals surface area (Å²) in [7, 11) is 3.76. The van der Waals surface area contributed by atoms with Crippen LogP contribution in [-0.2, 0) is 29.7 Å². The predicted molar refractivity (Wildman–Crippen MR) is 129 cm³/mol. The molecule has 180 valence electrons. The maximum Gasteiger partial charge on any atom is 0.264 e. The molecule has 0 atom stereocenters. The average molecular weight is 466 g/mol. The van der Waals surface area contributed by atoms with Crippen molar-refractivity contribution < 1.29 is 9.59 Å². The van der Waals surface area contributed by atoms with E-state index in [1.54, 1.807) is 23.6 Å². The molecule has 2 aromatic heterocycles. The first-order chi connectivity index (χ1) is 16.3. The van der Waals surface area contributed by atoms with Gasteiger partial charge in [-0.25, -0.2) is 4.98 Å². The van der Waals surface area contributed by atoms with Gasteiger partial charge in [0.05, 0.1) is 12.5 Å². The monoisotopic (exact) mass is 465 g/mol. The molecule has 3 aromatic rings. The van der Waals surface area contributed by atoms with Gasteiger partial charge >= 0.3 is 0 Å². The number of hydrogen-bond acceptors (Lipinski definition) is 6. The van der Waals surface area contributed by atoms with Crippen LogP contribution in [0.15, 0.2) is 41.6 Å². The Labute approximate surface area is 198 Å². The molecule has 1 aliphatic rings. The third-order valence-electron chi connectivity index (χ3n) is 6.33.